The van der Waals surface area contributed by atoms with E-state index < -0.39 is 11.6 Å². The average molecular weight is 252 g/mol. The van der Waals surface area contributed by atoms with Crippen LogP contribution >= 0.6 is 15.9 Å². The first-order valence-corrected chi connectivity index (χ1v) is 4.31. The van der Waals surface area contributed by atoms with Crippen LogP contribution in [-0.2, 0) is 6.54 Å². The minimum absolute atomic E-state index is 0.0178. The molecule has 1 rings (SSSR count). The molecule has 0 bridgehead atoms. The highest BCUT2D eigenvalue weighted by Crippen LogP contribution is 2.31. The third-order valence-corrected chi connectivity index (χ3v) is 2.35. The zero-order valence-corrected chi connectivity index (χ0v) is 8.49. The number of halogens is 3. The van der Waals surface area contributed by atoms with E-state index in [1.165, 1.54) is 7.11 Å². The molecular formula is C8H8BrF2NO. The van der Waals surface area contributed by atoms with Crippen LogP contribution in [0.1, 0.15) is 5.56 Å². The lowest BCUT2D eigenvalue weighted by molar-refractivity contribution is 0.377. The normalized spacial score (nSPS) is 10.2. The van der Waals surface area contributed by atoms with Crippen LogP contribution in [-0.4, -0.2) is 7.11 Å². The molecule has 0 saturated carbocycles. The van der Waals surface area contributed by atoms with E-state index in [0.717, 1.165) is 6.07 Å². The van der Waals surface area contributed by atoms with E-state index in [4.69, 9.17) is 10.5 Å². The topological polar surface area (TPSA) is 35.2 Å². The van der Waals surface area contributed by atoms with Crippen LogP contribution in [0.25, 0.3) is 0 Å². The van der Waals surface area contributed by atoms with Crippen molar-refractivity contribution in [2.45, 2.75) is 6.54 Å². The number of rotatable bonds is 2. The van der Waals surface area contributed by atoms with Gasteiger partial charge in [0.05, 0.1) is 11.6 Å². The van der Waals surface area contributed by atoms with Gasteiger partial charge in [0, 0.05) is 12.1 Å². The van der Waals surface area contributed by atoms with Crippen molar-refractivity contribution in [1.29, 1.82) is 0 Å². The highest BCUT2D eigenvalue weighted by molar-refractivity contribution is 9.10. The number of benzene rings is 1. The Labute approximate surface area is 82.8 Å². The van der Waals surface area contributed by atoms with E-state index >= 15 is 0 Å². The summed E-state index contributed by atoms with van der Waals surface area (Å²) >= 11 is 2.76. The van der Waals surface area contributed by atoms with Crippen LogP contribution in [0.4, 0.5) is 8.78 Å². The Morgan fingerprint density at radius 2 is 2.15 bits per heavy atom. The summed E-state index contributed by atoms with van der Waals surface area (Å²) in [7, 11) is 1.31. The predicted molar refractivity (Wildman–Crippen MR) is 48.5 cm³/mol. The predicted octanol–water partition coefficient (Wildman–Crippen LogP) is 2.19. The Bertz CT molecular complexity index is 330. The minimum Gasteiger partial charge on any atom is -0.493 e. The lowest BCUT2D eigenvalue weighted by Gasteiger charge is -2.09. The van der Waals surface area contributed by atoms with Gasteiger partial charge in [-0.05, 0) is 22.0 Å². The molecule has 0 heterocycles. The van der Waals surface area contributed by atoms with Gasteiger partial charge in [-0.3, -0.25) is 0 Å². The Morgan fingerprint density at radius 3 is 2.62 bits per heavy atom. The van der Waals surface area contributed by atoms with Crippen LogP contribution in [0, 0.1) is 11.6 Å². The van der Waals surface area contributed by atoms with Crippen molar-refractivity contribution < 1.29 is 13.5 Å². The summed E-state index contributed by atoms with van der Waals surface area (Å²) in [5.74, 6) is -1.46. The van der Waals surface area contributed by atoms with Crippen molar-refractivity contribution >= 4 is 15.9 Å². The first-order chi connectivity index (χ1) is 6.11. The van der Waals surface area contributed by atoms with Crippen molar-refractivity contribution in [3.63, 3.8) is 0 Å². The maximum absolute atomic E-state index is 13.2. The number of methoxy groups -OCH3 is 1. The fourth-order valence-electron chi connectivity index (χ4n) is 1.000. The van der Waals surface area contributed by atoms with E-state index in [1.54, 1.807) is 0 Å². The summed E-state index contributed by atoms with van der Waals surface area (Å²) in [6.45, 7) is 0.0320. The molecule has 72 valence electrons. The molecule has 5 heteroatoms. The molecule has 2 N–H and O–H groups in total. The highest BCUT2D eigenvalue weighted by Gasteiger charge is 2.16. The van der Waals surface area contributed by atoms with Crippen LogP contribution in [0.2, 0.25) is 0 Å². The van der Waals surface area contributed by atoms with E-state index in [2.05, 4.69) is 15.9 Å². The van der Waals surface area contributed by atoms with Crippen LogP contribution < -0.4 is 10.5 Å². The summed E-state index contributed by atoms with van der Waals surface area (Å²) in [5.41, 5.74) is 5.59. The third kappa shape index (κ3) is 1.81. The zero-order chi connectivity index (χ0) is 10.0. The standard InChI is InChI=1S/C8H8BrF2NO/c1-13-8-4(3-12)2-5(10)6(9)7(8)11/h2H,3,12H2,1H3. The van der Waals surface area contributed by atoms with Crippen molar-refractivity contribution in [2.75, 3.05) is 7.11 Å². The molecule has 0 aromatic heterocycles. The molecule has 2 nitrogen and oxygen atoms in total. The molecule has 0 aliphatic heterocycles. The molecule has 1 aromatic rings. The second-order valence-electron chi connectivity index (χ2n) is 2.38. The van der Waals surface area contributed by atoms with Gasteiger partial charge in [0.2, 0.25) is 0 Å². The van der Waals surface area contributed by atoms with Gasteiger partial charge >= 0.3 is 0 Å². The molecule has 0 amide bonds. The van der Waals surface area contributed by atoms with Gasteiger partial charge in [-0.15, -0.1) is 0 Å². The Kier molecular flexibility index (Phi) is 3.22. The second kappa shape index (κ2) is 4.02. The smallest absolute Gasteiger partial charge is 0.182 e. The summed E-state index contributed by atoms with van der Waals surface area (Å²) in [5, 5.41) is 0. The van der Waals surface area contributed by atoms with E-state index in [9.17, 15) is 8.78 Å². The Hall–Kier alpha value is -0.680. The number of hydrogen-bond donors (Lipinski definition) is 1. The number of ether oxygens (including phenoxy) is 1. The molecule has 0 spiro atoms. The van der Waals surface area contributed by atoms with Gasteiger partial charge in [-0.1, -0.05) is 0 Å². The molecular weight excluding hydrogens is 244 g/mol. The van der Waals surface area contributed by atoms with Gasteiger partial charge in [0.15, 0.2) is 11.6 Å². The van der Waals surface area contributed by atoms with Crippen molar-refractivity contribution in [3.05, 3.63) is 27.7 Å². The third-order valence-electron chi connectivity index (χ3n) is 1.62. The fourth-order valence-corrected chi connectivity index (χ4v) is 1.29. The van der Waals surface area contributed by atoms with Gasteiger partial charge in [-0.25, -0.2) is 8.78 Å². The maximum Gasteiger partial charge on any atom is 0.182 e. The van der Waals surface area contributed by atoms with E-state index in [-0.39, 0.29) is 16.8 Å². The largest absolute Gasteiger partial charge is 0.493 e. The highest BCUT2D eigenvalue weighted by atomic mass is 79.9. The van der Waals surface area contributed by atoms with Gasteiger partial charge in [-0.2, -0.15) is 0 Å². The van der Waals surface area contributed by atoms with Gasteiger partial charge < -0.3 is 10.5 Å². The first-order valence-electron chi connectivity index (χ1n) is 3.52. The first kappa shape index (κ1) is 10.4. The van der Waals surface area contributed by atoms with Crippen molar-refractivity contribution in [3.8, 4) is 5.75 Å². The summed E-state index contributed by atoms with van der Waals surface area (Å²) < 4.78 is 30.7. The van der Waals surface area contributed by atoms with Crippen LogP contribution in [0.3, 0.4) is 0 Å². The van der Waals surface area contributed by atoms with Gasteiger partial charge in [0.1, 0.15) is 5.82 Å². The summed E-state index contributed by atoms with van der Waals surface area (Å²) in [6.07, 6.45) is 0. The second-order valence-corrected chi connectivity index (χ2v) is 3.18. The molecule has 0 saturated heterocycles. The average Bonchev–Trinajstić information content (AvgIpc) is 2.13. The molecule has 0 radical (unpaired) electrons. The van der Waals surface area contributed by atoms with Crippen LogP contribution in [0.15, 0.2) is 10.5 Å². The molecule has 0 unspecified atom stereocenters. The minimum atomic E-state index is -0.761. The molecule has 0 aliphatic rings. The summed E-state index contributed by atoms with van der Waals surface area (Å²) in [4.78, 5) is 0. The SMILES string of the molecule is COc1c(CN)cc(F)c(Br)c1F. The molecule has 0 fully saturated rings. The lowest BCUT2D eigenvalue weighted by Crippen LogP contribution is -2.03. The zero-order valence-electron chi connectivity index (χ0n) is 6.90. The van der Waals surface area contributed by atoms with Crippen LogP contribution in [0.5, 0.6) is 5.75 Å². The van der Waals surface area contributed by atoms with Gasteiger partial charge in [0.25, 0.3) is 0 Å². The van der Waals surface area contributed by atoms with Crippen molar-refractivity contribution in [1.82, 2.24) is 0 Å². The monoisotopic (exact) mass is 251 g/mol. The summed E-state index contributed by atoms with van der Waals surface area (Å²) in [6, 6.07) is 1.14. The Balaban J connectivity index is 3.39. The number of nitrogens with two attached hydrogens (primary N) is 1. The van der Waals surface area contributed by atoms with Crippen molar-refractivity contribution in [2.24, 2.45) is 5.73 Å². The maximum atomic E-state index is 13.2. The van der Waals surface area contributed by atoms with E-state index in [1.807, 2.05) is 0 Å². The molecule has 0 atom stereocenters. The fraction of sp³-hybridized carbons (Fsp3) is 0.250. The van der Waals surface area contributed by atoms with E-state index in [0.29, 0.717) is 5.56 Å². The lowest BCUT2D eigenvalue weighted by atomic mass is 10.2. The number of hydrogen-bond acceptors (Lipinski definition) is 2. The molecule has 0 aliphatic carbocycles. The Morgan fingerprint density at radius 1 is 1.54 bits per heavy atom. The molecule has 1 aromatic carbocycles. The molecule has 13 heavy (non-hydrogen) atoms. The quantitative estimate of drug-likeness (QED) is 0.819.